The number of anilines is 2. The predicted molar refractivity (Wildman–Crippen MR) is 489 cm³/mol. The number of aromatic amines is 1. The molecule has 14 rings (SSSR count). The van der Waals surface area contributed by atoms with Gasteiger partial charge in [-0.15, -0.1) is 0 Å². The maximum absolute atomic E-state index is 10.1. The molecule has 0 unspecified atom stereocenters. The van der Waals surface area contributed by atoms with Gasteiger partial charge < -0.3 is 16.2 Å². The molecule has 0 bridgehead atoms. The smallest absolute Gasteiger partial charge is 0.220 e. The molecule has 7 aromatic heterocycles. The highest BCUT2D eigenvalue weighted by Gasteiger charge is 2.25. The van der Waals surface area contributed by atoms with Crippen LogP contribution in [0.3, 0.4) is 0 Å². The van der Waals surface area contributed by atoms with Crippen molar-refractivity contribution in [1.82, 2.24) is 74.1 Å². The Labute approximate surface area is 721 Å². The van der Waals surface area contributed by atoms with Crippen LogP contribution in [0.2, 0.25) is 30.1 Å². The maximum Gasteiger partial charge on any atom is 0.220 e. The number of aromatic hydroxyl groups is 1. The third-order valence-corrected chi connectivity index (χ3v) is 20.5. The quantitative estimate of drug-likeness (QED) is 0.112. The summed E-state index contributed by atoms with van der Waals surface area (Å²) >= 11 is 37.7. The van der Waals surface area contributed by atoms with Gasteiger partial charge in [0.2, 0.25) is 5.95 Å². The van der Waals surface area contributed by atoms with Crippen molar-refractivity contribution in [2.75, 3.05) is 18.1 Å². The van der Waals surface area contributed by atoms with E-state index in [0.29, 0.717) is 5.75 Å². The topological polar surface area (TPSA) is 215 Å². The van der Waals surface area contributed by atoms with Gasteiger partial charge in [-0.05, 0) is 173 Å². The molecule has 7 aromatic carbocycles. The second-order valence-electron chi connectivity index (χ2n) is 35.4. The van der Waals surface area contributed by atoms with Crippen LogP contribution in [0.25, 0.3) is 56.3 Å². The number of nitrogens with zero attached hydrogens (tertiary/aromatic N) is 14. The molecular formula is C93H111Cl6N17O. The zero-order valence-electron chi connectivity index (χ0n) is 71.4. The SMILES string of the molecule is CC(C)(C)c1cc(-c2ccnc(N)n2)ccc1Cl.CC(C)(C)c1ccc(-c2cn[nH]c2)cc1Cl.CC(C)(C)c1ccc(-n2cccn2)cc1Cl.CC(C)(C)c1ccc(-n2cccn2)cc1Cl.CC(C)(C)c1ccc(-n2cncn2)cc1Cl.CNc1ccn(-c2ccc(C(C)(C)C)c(O)c2)n1.Cn1cc(-c2ccc(C(C)(C)C)c(Cl)c2)cn1. The molecule has 0 radical (unpaired) electrons. The van der Waals surface area contributed by atoms with Crippen LogP contribution in [0.5, 0.6) is 5.75 Å². The van der Waals surface area contributed by atoms with Crippen molar-refractivity contribution in [2.45, 2.75) is 183 Å². The fourth-order valence-corrected chi connectivity index (χ4v) is 14.9. The van der Waals surface area contributed by atoms with E-state index >= 15 is 0 Å². The molecule has 0 aliphatic heterocycles. The number of benzene rings is 7. The standard InChI is InChI=1S/C14H16ClN3.C14H17ClN2.C14H19N3O.3C13H15ClN2.C12H14ClN3/c1-14(2,3)10-8-9(4-5-11(10)15)12-6-7-17-13(16)18-12;1-14(2,3)12-6-5-10(7-13(12)15)11-8-16-17(4)9-11;1-14(2,3)11-6-5-10(9-12(11)18)17-8-7-13(15-4)16-17;2*1-13(2,3)11-6-5-10(9-12(11)14)16-8-4-7-15-16;1-13(2,3)11-5-4-9(6-12(11)14)10-7-15-16-8-10;1-12(2,3)10-5-4-9(6-11(10)13)16-8-14-7-15-16/h4-8H,1-3H3,(H2,16,17,18);5-9H,1-4H3;5-9,18H,1-4H3,(H,15,16);2*4-9H,1-3H3;4-8H,1-3H3,(H,15,16);4-8H,1-3H3. The minimum atomic E-state index is -0.0666. The summed E-state index contributed by atoms with van der Waals surface area (Å²) in [6.07, 6.45) is 21.5. The van der Waals surface area contributed by atoms with E-state index in [1.54, 1.807) is 60.6 Å². The molecule has 0 fully saturated rings. The van der Waals surface area contributed by atoms with Crippen LogP contribution in [-0.2, 0) is 45.0 Å². The molecule has 0 aliphatic rings. The Hall–Kier alpha value is -10.1. The lowest BCUT2D eigenvalue weighted by Gasteiger charge is -2.21. The number of halogens is 6. The van der Waals surface area contributed by atoms with Crippen molar-refractivity contribution in [2.24, 2.45) is 7.05 Å². The van der Waals surface area contributed by atoms with Crippen molar-refractivity contribution in [3.63, 3.8) is 0 Å². The highest BCUT2D eigenvalue weighted by molar-refractivity contribution is 6.33. The Morgan fingerprint density at radius 1 is 0.393 bits per heavy atom. The number of rotatable bonds is 8. The van der Waals surface area contributed by atoms with Gasteiger partial charge in [-0.2, -0.15) is 30.6 Å². The molecule has 24 heteroatoms. The number of aromatic nitrogens is 15. The van der Waals surface area contributed by atoms with Gasteiger partial charge in [0.05, 0.1) is 40.8 Å². The predicted octanol–water partition coefficient (Wildman–Crippen LogP) is 25.5. The molecule has 5 N–H and O–H groups in total. The first-order valence-corrected chi connectivity index (χ1v) is 40.7. The van der Waals surface area contributed by atoms with Crippen LogP contribution in [0.4, 0.5) is 11.8 Å². The lowest BCUT2D eigenvalue weighted by molar-refractivity contribution is 0.446. The largest absolute Gasteiger partial charge is 0.508 e. The van der Waals surface area contributed by atoms with Gasteiger partial charge >= 0.3 is 0 Å². The third-order valence-electron chi connectivity index (χ3n) is 18.6. The van der Waals surface area contributed by atoms with Crippen LogP contribution in [0.15, 0.2) is 226 Å². The zero-order valence-corrected chi connectivity index (χ0v) is 76.0. The van der Waals surface area contributed by atoms with Crippen LogP contribution in [0.1, 0.15) is 184 Å². The summed E-state index contributed by atoms with van der Waals surface area (Å²) < 4.78 is 8.83. The fourth-order valence-electron chi connectivity index (χ4n) is 12.2. The van der Waals surface area contributed by atoms with E-state index in [4.69, 9.17) is 75.3 Å². The van der Waals surface area contributed by atoms with Crippen LogP contribution >= 0.6 is 69.6 Å². The number of hydrogen-bond acceptors (Lipinski definition) is 12. The zero-order chi connectivity index (χ0) is 86.3. The summed E-state index contributed by atoms with van der Waals surface area (Å²) in [4.78, 5) is 12.0. The molecule has 18 nitrogen and oxygen atoms in total. The van der Waals surface area contributed by atoms with Crippen molar-refractivity contribution in [1.29, 1.82) is 0 Å². The van der Waals surface area contributed by atoms with Crippen molar-refractivity contribution in [3.8, 4) is 62.0 Å². The van der Waals surface area contributed by atoms with Crippen LogP contribution in [-0.4, -0.2) is 86.2 Å². The second kappa shape index (κ2) is 39.0. The summed E-state index contributed by atoms with van der Waals surface area (Å²) in [5, 5.41) is 45.5. The molecule has 0 atom stereocenters. The summed E-state index contributed by atoms with van der Waals surface area (Å²) in [5.41, 5.74) is 23.6. The summed E-state index contributed by atoms with van der Waals surface area (Å²) in [5.74, 6) is 1.38. The summed E-state index contributed by atoms with van der Waals surface area (Å²) in [6.45, 7) is 45.0. The average molecular weight is 1700 g/mol. The van der Waals surface area contributed by atoms with Crippen molar-refractivity contribution >= 4 is 81.4 Å². The highest BCUT2D eigenvalue weighted by atomic mass is 35.5. The number of aryl methyl sites for hydroxylation is 1. The minimum absolute atomic E-state index is 0.00827. The molecule has 7 heterocycles. The van der Waals surface area contributed by atoms with E-state index in [9.17, 15) is 5.11 Å². The number of phenolic OH excluding ortho intramolecular Hbond substituents is 1. The molecule has 616 valence electrons. The molecule has 0 saturated heterocycles. The maximum atomic E-state index is 10.1. The van der Waals surface area contributed by atoms with Gasteiger partial charge in [-0.3, -0.25) is 9.78 Å². The highest BCUT2D eigenvalue weighted by Crippen LogP contribution is 2.39. The number of hydrogen-bond donors (Lipinski definition) is 4. The lowest BCUT2D eigenvalue weighted by atomic mass is 9.86. The van der Waals surface area contributed by atoms with E-state index in [1.165, 1.54) is 17.5 Å². The minimum Gasteiger partial charge on any atom is -0.508 e. The van der Waals surface area contributed by atoms with E-state index in [2.05, 4.69) is 244 Å². The normalized spacial score (nSPS) is 11.7. The number of nitrogens with two attached hydrogens (primary N) is 1. The van der Waals surface area contributed by atoms with Crippen molar-refractivity contribution < 1.29 is 5.11 Å². The van der Waals surface area contributed by atoms with Gasteiger partial charge in [-0.25, -0.2) is 33.7 Å². The molecule has 117 heavy (non-hydrogen) atoms. The molecule has 0 amide bonds. The molecule has 14 aromatic rings. The molecule has 0 spiro atoms. The Bertz CT molecular complexity index is 5130. The second-order valence-corrected chi connectivity index (χ2v) is 37.8. The Morgan fingerprint density at radius 3 is 1.18 bits per heavy atom. The number of nitrogens with one attached hydrogen (secondary N) is 2. The fraction of sp³-hybridized carbons (Fsp3) is 0.323. The third kappa shape index (κ3) is 26.2. The Balaban J connectivity index is 0.000000170. The molecular weight excluding hydrogens is 1580 g/mol. The van der Waals surface area contributed by atoms with E-state index in [0.717, 1.165) is 120 Å². The van der Waals surface area contributed by atoms with Gasteiger partial charge in [0.1, 0.15) is 24.2 Å². The molecule has 0 saturated carbocycles. The van der Waals surface area contributed by atoms with E-state index < -0.39 is 0 Å². The monoisotopic (exact) mass is 1690 g/mol. The lowest BCUT2D eigenvalue weighted by Crippen LogP contribution is -2.12. The van der Waals surface area contributed by atoms with Gasteiger partial charge in [0, 0.05) is 123 Å². The first-order chi connectivity index (χ1) is 54.6. The van der Waals surface area contributed by atoms with Crippen LogP contribution in [0, 0.1) is 0 Å². The molecule has 0 aliphatic carbocycles. The van der Waals surface area contributed by atoms with Crippen LogP contribution < -0.4 is 11.1 Å². The summed E-state index contributed by atoms with van der Waals surface area (Å²) in [6, 6.07) is 49.5. The Morgan fingerprint density at radius 2 is 0.821 bits per heavy atom. The number of nitrogen functional groups attached to an aromatic ring is 1. The number of phenols is 1. The van der Waals surface area contributed by atoms with Crippen molar-refractivity contribution in [3.05, 3.63) is 295 Å². The van der Waals surface area contributed by atoms with Gasteiger partial charge in [0.25, 0.3) is 0 Å². The average Bonchev–Trinajstić information content (AvgIpc) is 1.79. The van der Waals surface area contributed by atoms with E-state index in [1.807, 2.05) is 154 Å². The first-order valence-electron chi connectivity index (χ1n) is 38.4. The van der Waals surface area contributed by atoms with Gasteiger partial charge in [0.15, 0.2) is 0 Å². The first kappa shape index (κ1) is 92.5. The number of H-pyrrole nitrogens is 1. The van der Waals surface area contributed by atoms with Gasteiger partial charge in [-0.1, -0.05) is 270 Å². The van der Waals surface area contributed by atoms with E-state index in [-0.39, 0.29) is 43.9 Å². The Kier molecular flexibility index (Phi) is 30.8. The summed E-state index contributed by atoms with van der Waals surface area (Å²) in [7, 11) is 3.74.